The van der Waals surface area contributed by atoms with Gasteiger partial charge in [0.1, 0.15) is 17.2 Å². The molecule has 7 nitrogen and oxygen atoms in total. The van der Waals surface area contributed by atoms with E-state index >= 15 is 0 Å². The molecule has 0 aliphatic carbocycles. The minimum Gasteiger partial charge on any atom is -0.494 e. The third kappa shape index (κ3) is 9.40. The van der Waals surface area contributed by atoms with E-state index in [0.29, 0.717) is 5.82 Å². The number of hydrogen-bond donors (Lipinski definition) is 3. The Hall–Kier alpha value is -2.38. The van der Waals surface area contributed by atoms with Crippen molar-refractivity contribution in [1.82, 2.24) is 15.3 Å². The molecule has 0 saturated carbocycles. The molecule has 3 N–H and O–H groups in total. The summed E-state index contributed by atoms with van der Waals surface area (Å²) in [6, 6.07) is 7.39. The average molecular weight is 446 g/mol. The lowest BCUT2D eigenvalue weighted by Gasteiger charge is -2.20. The first-order valence-corrected chi connectivity index (χ1v) is 11.7. The van der Waals surface area contributed by atoms with E-state index in [1.807, 2.05) is 45.0 Å². The van der Waals surface area contributed by atoms with Gasteiger partial charge < -0.3 is 19.6 Å². The van der Waals surface area contributed by atoms with Crippen molar-refractivity contribution in [2.24, 2.45) is 0 Å². The Morgan fingerprint density at radius 2 is 1.81 bits per heavy atom. The highest BCUT2D eigenvalue weighted by molar-refractivity contribution is 5.72. The summed E-state index contributed by atoms with van der Waals surface area (Å²) in [5.41, 5.74) is 1.26. The first kappa shape index (κ1) is 25.9. The van der Waals surface area contributed by atoms with Gasteiger partial charge in [0, 0.05) is 0 Å². The number of aromatic amines is 1. The van der Waals surface area contributed by atoms with Crippen LogP contribution >= 0.6 is 0 Å². The zero-order valence-corrected chi connectivity index (χ0v) is 19.9. The van der Waals surface area contributed by atoms with Crippen molar-refractivity contribution in [2.45, 2.75) is 77.9 Å². The van der Waals surface area contributed by atoms with Crippen LogP contribution in [0.4, 0.5) is 0 Å². The van der Waals surface area contributed by atoms with Gasteiger partial charge in [0.2, 0.25) is 0 Å². The van der Waals surface area contributed by atoms with E-state index in [9.17, 15) is 9.90 Å². The lowest BCUT2D eigenvalue weighted by atomic mass is 10.1. The van der Waals surface area contributed by atoms with Crippen LogP contribution in [0.2, 0.25) is 0 Å². The minimum absolute atomic E-state index is 0.0107. The van der Waals surface area contributed by atoms with Crippen molar-refractivity contribution in [3.63, 3.8) is 0 Å². The van der Waals surface area contributed by atoms with E-state index in [1.165, 1.54) is 32.1 Å². The number of H-pyrrole nitrogens is 1. The second-order valence-corrected chi connectivity index (χ2v) is 9.03. The number of hydrogen-bond acceptors (Lipinski definition) is 6. The summed E-state index contributed by atoms with van der Waals surface area (Å²) in [6.07, 6.45) is 9.18. The number of aromatic nitrogens is 2. The molecule has 1 unspecified atom stereocenters. The highest BCUT2D eigenvalue weighted by Crippen LogP contribution is 2.22. The quantitative estimate of drug-likeness (QED) is 0.286. The van der Waals surface area contributed by atoms with Crippen molar-refractivity contribution in [3.05, 3.63) is 36.3 Å². The molecule has 1 heterocycles. The number of esters is 1. The summed E-state index contributed by atoms with van der Waals surface area (Å²) < 4.78 is 11.1. The largest absolute Gasteiger partial charge is 0.494 e. The molecule has 0 amide bonds. The molecule has 7 heteroatoms. The molecule has 0 fully saturated rings. The maximum Gasteiger partial charge on any atom is 0.320 e. The summed E-state index contributed by atoms with van der Waals surface area (Å²) in [7, 11) is 0. The van der Waals surface area contributed by atoms with Gasteiger partial charge in [-0.3, -0.25) is 10.1 Å². The Balaban J connectivity index is 1.83. The summed E-state index contributed by atoms with van der Waals surface area (Å²) in [5.74, 6) is 1.04. The standard InChI is InChI=1S/C25H39N3O4/c1-5-6-7-8-9-10-15-31-20-13-11-19(12-14-20)21-16-27-24(28-21)22(18-29)26-17-23(30)32-25(2,3)4/h11-14,16,22,26,29H,5-10,15,17-18H2,1-4H3,(H,27,28). The molecule has 1 aromatic carbocycles. The number of nitrogens with one attached hydrogen (secondary N) is 2. The van der Waals surface area contributed by atoms with Crippen LogP contribution in [-0.4, -0.2) is 46.4 Å². The van der Waals surface area contributed by atoms with Gasteiger partial charge in [-0.15, -0.1) is 0 Å². The Morgan fingerprint density at radius 1 is 1.12 bits per heavy atom. The molecule has 0 saturated heterocycles. The lowest BCUT2D eigenvalue weighted by Crippen LogP contribution is -2.35. The Labute approximate surface area is 191 Å². The fourth-order valence-corrected chi connectivity index (χ4v) is 3.30. The lowest BCUT2D eigenvalue weighted by molar-refractivity contribution is -0.153. The molecule has 178 valence electrons. The van der Waals surface area contributed by atoms with Crippen LogP contribution < -0.4 is 10.1 Å². The Bertz CT molecular complexity index is 796. The molecule has 0 bridgehead atoms. The van der Waals surface area contributed by atoms with E-state index in [-0.39, 0.29) is 19.1 Å². The van der Waals surface area contributed by atoms with Gasteiger partial charge in [0.05, 0.1) is 37.7 Å². The third-order valence-corrected chi connectivity index (χ3v) is 4.95. The van der Waals surface area contributed by atoms with Gasteiger partial charge in [0.25, 0.3) is 0 Å². The topological polar surface area (TPSA) is 96.5 Å². The van der Waals surface area contributed by atoms with Crippen molar-refractivity contribution >= 4 is 5.97 Å². The monoisotopic (exact) mass is 445 g/mol. The molecule has 32 heavy (non-hydrogen) atoms. The third-order valence-electron chi connectivity index (χ3n) is 4.95. The van der Waals surface area contributed by atoms with Gasteiger partial charge in [0.15, 0.2) is 0 Å². The fourth-order valence-electron chi connectivity index (χ4n) is 3.30. The number of unbranched alkanes of at least 4 members (excludes halogenated alkanes) is 5. The number of carbonyl (C=O) groups excluding carboxylic acids is 1. The fraction of sp³-hybridized carbons (Fsp3) is 0.600. The SMILES string of the molecule is CCCCCCCCOc1ccc(-c2cnc(C(CO)NCC(=O)OC(C)(C)C)[nH]2)cc1. The van der Waals surface area contributed by atoms with Crippen molar-refractivity contribution in [2.75, 3.05) is 19.8 Å². The normalized spacial score (nSPS) is 12.5. The van der Waals surface area contributed by atoms with Crippen LogP contribution in [-0.2, 0) is 9.53 Å². The van der Waals surface area contributed by atoms with Crippen LogP contribution in [0.25, 0.3) is 11.3 Å². The molecular weight excluding hydrogens is 406 g/mol. The molecule has 1 atom stereocenters. The number of carbonyl (C=O) groups is 1. The van der Waals surface area contributed by atoms with Gasteiger partial charge in [-0.1, -0.05) is 39.0 Å². The van der Waals surface area contributed by atoms with Crippen LogP contribution in [0, 0.1) is 0 Å². The number of ether oxygens (including phenoxy) is 2. The minimum atomic E-state index is -0.546. The zero-order valence-electron chi connectivity index (χ0n) is 19.9. The van der Waals surface area contributed by atoms with Crippen LogP contribution in [0.5, 0.6) is 5.75 Å². The van der Waals surface area contributed by atoms with Gasteiger partial charge in [-0.2, -0.15) is 0 Å². The molecule has 2 rings (SSSR count). The molecule has 1 aromatic heterocycles. The second kappa shape index (κ2) is 13.2. The molecule has 0 aliphatic heterocycles. The number of nitrogens with zero attached hydrogens (tertiary/aromatic N) is 1. The zero-order chi connectivity index (χ0) is 23.4. The number of rotatable bonds is 14. The van der Waals surface area contributed by atoms with E-state index in [2.05, 4.69) is 22.2 Å². The van der Waals surface area contributed by atoms with Crippen molar-refractivity contribution in [3.8, 4) is 17.0 Å². The highest BCUT2D eigenvalue weighted by atomic mass is 16.6. The summed E-state index contributed by atoms with van der Waals surface area (Å²) in [5, 5.41) is 12.7. The van der Waals surface area contributed by atoms with E-state index < -0.39 is 11.6 Å². The van der Waals surface area contributed by atoms with Gasteiger partial charge in [-0.25, -0.2) is 4.98 Å². The molecule has 2 aromatic rings. The van der Waals surface area contributed by atoms with Gasteiger partial charge in [-0.05, 0) is 57.0 Å². The van der Waals surface area contributed by atoms with Gasteiger partial charge >= 0.3 is 5.97 Å². The smallest absolute Gasteiger partial charge is 0.320 e. The molecular formula is C25H39N3O4. The molecule has 0 spiro atoms. The van der Waals surface area contributed by atoms with Crippen molar-refractivity contribution < 1.29 is 19.4 Å². The van der Waals surface area contributed by atoms with Crippen molar-refractivity contribution in [1.29, 1.82) is 0 Å². The molecule has 0 aliphatic rings. The maximum absolute atomic E-state index is 11.9. The van der Waals surface area contributed by atoms with E-state index in [0.717, 1.165) is 30.0 Å². The summed E-state index contributed by atoms with van der Waals surface area (Å²) >= 11 is 0. The molecule has 0 radical (unpaired) electrons. The Morgan fingerprint density at radius 3 is 2.47 bits per heavy atom. The van der Waals surface area contributed by atoms with E-state index in [1.54, 1.807) is 6.20 Å². The van der Waals surface area contributed by atoms with E-state index in [4.69, 9.17) is 9.47 Å². The number of benzene rings is 1. The predicted octanol–water partition coefficient (Wildman–Crippen LogP) is 4.78. The first-order chi connectivity index (χ1) is 15.3. The second-order valence-electron chi connectivity index (χ2n) is 9.03. The summed E-state index contributed by atoms with van der Waals surface area (Å²) in [6.45, 7) is 8.21. The predicted molar refractivity (Wildman–Crippen MR) is 127 cm³/mol. The number of aliphatic hydroxyl groups is 1. The first-order valence-electron chi connectivity index (χ1n) is 11.7. The maximum atomic E-state index is 11.9. The van der Waals surface area contributed by atoms with Crippen LogP contribution in [0.1, 0.15) is 78.1 Å². The van der Waals surface area contributed by atoms with Crippen LogP contribution in [0.3, 0.4) is 0 Å². The number of imidazole rings is 1. The summed E-state index contributed by atoms with van der Waals surface area (Å²) in [4.78, 5) is 19.5. The average Bonchev–Trinajstić information content (AvgIpc) is 3.23. The van der Waals surface area contributed by atoms with Crippen LogP contribution in [0.15, 0.2) is 30.5 Å². The highest BCUT2D eigenvalue weighted by Gasteiger charge is 2.19. The Kier molecular flexibility index (Phi) is 10.7. The number of aliphatic hydroxyl groups excluding tert-OH is 1.